The third kappa shape index (κ3) is 1.89. The highest BCUT2D eigenvalue weighted by molar-refractivity contribution is 6.04. The van der Waals surface area contributed by atoms with Crippen LogP contribution < -0.4 is 0 Å². The van der Waals surface area contributed by atoms with Crippen LogP contribution in [0.4, 0.5) is 0 Å². The van der Waals surface area contributed by atoms with Crippen LogP contribution in [-0.4, -0.2) is 15.0 Å². The Labute approximate surface area is 131 Å². The summed E-state index contributed by atoms with van der Waals surface area (Å²) < 4.78 is 5.72. The monoisotopic (exact) mass is 297 g/mol. The van der Waals surface area contributed by atoms with Crippen molar-refractivity contribution >= 4 is 32.8 Å². The molecule has 0 aliphatic rings. The van der Waals surface area contributed by atoms with Crippen LogP contribution in [0.1, 0.15) is 0 Å². The maximum Gasteiger partial charge on any atom is 0.227 e. The van der Waals surface area contributed by atoms with E-state index < -0.39 is 0 Å². The fourth-order valence-electron chi connectivity index (χ4n) is 2.88. The lowest BCUT2D eigenvalue weighted by Crippen LogP contribution is -1.87. The molecular formula is C19H11N3O. The van der Waals surface area contributed by atoms with E-state index in [2.05, 4.69) is 33.2 Å². The third-order valence-corrected chi connectivity index (χ3v) is 4.03. The molecule has 4 heterocycles. The van der Waals surface area contributed by atoms with E-state index in [9.17, 15) is 0 Å². The van der Waals surface area contributed by atoms with Crippen molar-refractivity contribution in [2.45, 2.75) is 0 Å². The Morgan fingerprint density at radius 1 is 0.696 bits per heavy atom. The van der Waals surface area contributed by atoms with Gasteiger partial charge in [-0.1, -0.05) is 24.3 Å². The van der Waals surface area contributed by atoms with Gasteiger partial charge in [0.05, 0.1) is 17.6 Å². The number of hydrogen-bond donors (Lipinski definition) is 0. The highest BCUT2D eigenvalue weighted by Crippen LogP contribution is 2.29. The van der Waals surface area contributed by atoms with Crippen molar-refractivity contribution in [3.8, 4) is 11.4 Å². The molecule has 0 fully saturated rings. The summed E-state index contributed by atoms with van der Waals surface area (Å²) in [5.74, 6) is 0. The summed E-state index contributed by atoms with van der Waals surface area (Å²) in [4.78, 5) is 13.3. The average molecular weight is 297 g/mol. The largest absolute Gasteiger partial charge is 0.436 e. The molecule has 4 nitrogen and oxygen atoms in total. The van der Waals surface area contributed by atoms with Crippen LogP contribution in [0.25, 0.3) is 44.2 Å². The molecule has 0 radical (unpaired) electrons. The Balaban J connectivity index is 1.76. The van der Waals surface area contributed by atoms with E-state index in [-0.39, 0.29) is 0 Å². The van der Waals surface area contributed by atoms with Gasteiger partial charge >= 0.3 is 0 Å². The first-order valence-electron chi connectivity index (χ1n) is 7.37. The van der Waals surface area contributed by atoms with Crippen molar-refractivity contribution in [1.82, 2.24) is 15.0 Å². The van der Waals surface area contributed by atoms with Gasteiger partial charge in [-0.15, -0.1) is 0 Å². The molecule has 0 bridgehead atoms. The molecule has 1 aromatic carbocycles. The van der Waals surface area contributed by atoms with Crippen LogP contribution in [0, 0.1) is 0 Å². The topological polar surface area (TPSA) is 51.8 Å². The summed E-state index contributed by atoms with van der Waals surface area (Å²) in [5.41, 5.74) is 3.05. The van der Waals surface area contributed by atoms with Gasteiger partial charge in [0.15, 0.2) is 5.58 Å². The molecule has 0 N–H and O–H groups in total. The fraction of sp³-hybridized carbons (Fsp3) is 0. The standard InChI is InChI=1S/C19H11N3O/c1-2-5-13-10-21-16(8-12(13)4-1)17-9-15-14-6-3-7-20-19(14)23-18(15)11-22-17/h1-11H. The van der Waals surface area contributed by atoms with E-state index >= 15 is 0 Å². The SMILES string of the molecule is c1ccc2cc(-c3cc4c(cn3)oc3ncccc34)ncc2c1. The van der Waals surface area contributed by atoms with Crippen molar-refractivity contribution in [3.63, 3.8) is 0 Å². The van der Waals surface area contributed by atoms with Gasteiger partial charge in [-0.05, 0) is 29.7 Å². The van der Waals surface area contributed by atoms with Gasteiger partial charge in [0.2, 0.25) is 5.71 Å². The molecule has 4 aromatic heterocycles. The number of hydrogen-bond acceptors (Lipinski definition) is 4. The van der Waals surface area contributed by atoms with E-state index in [1.165, 1.54) is 0 Å². The van der Waals surface area contributed by atoms with Crippen LogP contribution >= 0.6 is 0 Å². The molecule has 5 rings (SSSR count). The summed E-state index contributed by atoms with van der Waals surface area (Å²) in [5, 5.41) is 4.27. The fourth-order valence-corrected chi connectivity index (χ4v) is 2.88. The summed E-state index contributed by atoms with van der Waals surface area (Å²) >= 11 is 0. The second-order valence-electron chi connectivity index (χ2n) is 5.44. The van der Waals surface area contributed by atoms with Crippen molar-refractivity contribution < 1.29 is 4.42 Å². The quantitative estimate of drug-likeness (QED) is 0.454. The highest BCUT2D eigenvalue weighted by Gasteiger charge is 2.10. The van der Waals surface area contributed by atoms with Gasteiger partial charge in [-0.3, -0.25) is 9.97 Å². The van der Waals surface area contributed by atoms with Gasteiger partial charge in [-0.2, -0.15) is 0 Å². The molecular weight excluding hydrogens is 286 g/mol. The predicted molar refractivity (Wildman–Crippen MR) is 90.0 cm³/mol. The molecule has 0 saturated carbocycles. The molecule has 23 heavy (non-hydrogen) atoms. The lowest BCUT2D eigenvalue weighted by Gasteiger charge is -2.02. The van der Waals surface area contributed by atoms with E-state index in [0.717, 1.165) is 38.5 Å². The Bertz CT molecular complexity index is 1180. The number of fused-ring (bicyclic) bond motifs is 4. The number of nitrogens with zero attached hydrogens (tertiary/aromatic N) is 3. The molecule has 5 aromatic rings. The molecule has 0 unspecified atom stereocenters. The van der Waals surface area contributed by atoms with Crippen molar-refractivity contribution in [2.24, 2.45) is 0 Å². The summed E-state index contributed by atoms with van der Waals surface area (Å²) in [6.45, 7) is 0. The second kappa shape index (κ2) is 4.61. The maximum atomic E-state index is 5.72. The van der Waals surface area contributed by atoms with Crippen LogP contribution in [0.3, 0.4) is 0 Å². The van der Waals surface area contributed by atoms with Crippen LogP contribution in [0.5, 0.6) is 0 Å². The summed E-state index contributed by atoms with van der Waals surface area (Å²) in [7, 11) is 0. The summed E-state index contributed by atoms with van der Waals surface area (Å²) in [6, 6.07) is 16.2. The Morgan fingerprint density at radius 3 is 2.48 bits per heavy atom. The van der Waals surface area contributed by atoms with Crippen molar-refractivity contribution in [1.29, 1.82) is 0 Å². The minimum atomic E-state index is 0.632. The number of pyridine rings is 3. The zero-order valence-electron chi connectivity index (χ0n) is 12.1. The summed E-state index contributed by atoms with van der Waals surface area (Å²) in [6.07, 6.45) is 5.35. The molecule has 0 saturated heterocycles. The minimum Gasteiger partial charge on any atom is -0.436 e. The van der Waals surface area contributed by atoms with E-state index in [4.69, 9.17) is 4.42 Å². The first kappa shape index (κ1) is 12.3. The first-order chi connectivity index (χ1) is 11.4. The third-order valence-electron chi connectivity index (χ3n) is 4.03. The maximum absolute atomic E-state index is 5.72. The van der Waals surface area contributed by atoms with E-state index in [1.54, 1.807) is 12.4 Å². The van der Waals surface area contributed by atoms with Gasteiger partial charge < -0.3 is 4.42 Å². The van der Waals surface area contributed by atoms with Crippen molar-refractivity contribution in [3.05, 3.63) is 67.1 Å². The number of furan rings is 1. The van der Waals surface area contributed by atoms with Gasteiger partial charge in [0, 0.05) is 28.6 Å². The molecule has 0 aliphatic heterocycles. The van der Waals surface area contributed by atoms with Crippen LogP contribution in [0.2, 0.25) is 0 Å². The number of benzene rings is 1. The van der Waals surface area contributed by atoms with E-state index in [0.29, 0.717) is 5.71 Å². The molecule has 4 heteroatoms. The zero-order valence-corrected chi connectivity index (χ0v) is 12.1. The lowest BCUT2D eigenvalue weighted by atomic mass is 10.1. The Kier molecular flexibility index (Phi) is 2.46. The van der Waals surface area contributed by atoms with E-state index in [1.807, 2.05) is 36.5 Å². The average Bonchev–Trinajstić information content (AvgIpc) is 2.99. The Hall–Kier alpha value is -3.27. The van der Waals surface area contributed by atoms with Crippen LogP contribution in [0.15, 0.2) is 71.5 Å². The molecule has 0 spiro atoms. The molecule has 0 atom stereocenters. The normalized spacial score (nSPS) is 11.5. The number of rotatable bonds is 1. The second-order valence-corrected chi connectivity index (χ2v) is 5.44. The molecule has 108 valence electrons. The minimum absolute atomic E-state index is 0.632. The lowest BCUT2D eigenvalue weighted by molar-refractivity contribution is 0.652. The van der Waals surface area contributed by atoms with Crippen LogP contribution in [-0.2, 0) is 0 Å². The van der Waals surface area contributed by atoms with Crippen molar-refractivity contribution in [2.75, 3.05) is 0 Å². The van der Waals surface area contributed by atoms with Gasteiger partial charge in [0.1, 0.15) is 0 Å². The predicted octanol–water partition coefficient (Wildman–Crippen LogP) is 4.59. The molecule has 0 amide bonds. The van der Waals surface area contributed by atoms with Gasteiger partial charge in [-0.25, -0.2) is 4.98 Å². The smallest absolute Gasteiger partial charge is 0.227 e. The first-order valence-corrected chi connectivity index (χ1v) is 7.37. The van der Waals surface area contributed by atoms with Gasteiger partial charge in [0.25, 0.3) is 0 Å². The molecule has 0 aliphatic carbocycles. The zero-order chi connectivity index (χ0) is 15.2. The Morgan fingerprint density at radius 2 is 1.52 bits per heavy atom. The number of aromatic nitrogens is 3. The highest BCUT2D eigenvalue weighted by atomic mass is 16.3.